The van der Waals surface area contributed by atoms with Crippen LogP contribution in [-0.2, 0) is 12.0 Å². The van der Waals surface area contributed by atoms with Gasteiger partial charge in [-0.2, -0.15) is 5.10 Å². The number of aryl methyl sites for hydroxylation is 1. The molecular weight excluding hydrogens is 435 g/mol. The van der Waals surface area contributed by atoms with Gasteiger partial charge in [0.15, 0.2) is 5.82 Å². The van der Waals surface area contributed by atoms with Gasteiger partial charge in [0.2, 0.25) is 0 Å². The molecule has 3 heterocycles. The van der Waals surface area contributed by atoms with E-state index in [-0.39, 0.29) is 17.2 Å². The predicted octanol–water partition coefficient (Wildman–Crippen LogP) is 3.51. The molecule has 1 N–H and O–H groups in total. The Morgan fingerprint density at radius 1 is 1.18 bits per heavy atom. The third-order valence-corrected chi connectivity index (χ3v) is 6.52. The van der Waals surface area contributed by atoms with Crippen LogP contribution in [0.4, 0.5) is 4.39 Å². The summed E-state index contributed by atoms with van der Waals surface area (Å²) in [5, 5.41) is 16.5. The van der Waals surface area contributed by atoms with Gasteiger partial charge >= 0.3 is 0 Å². The van der Waals surface area contributed by atoms with Gasteiger partial charge in [0.25, 0.3) is 11.5 Å². The molecule has 174 valence electrons. The third-order valence-electron chi connectivity index (χ3n) is 6.52. The van der Waals surface area contributed by atoms with Gasteiger partial charge in [0.05, 0.1) is 28.2 Å². The molecule has 0 saturated carbocycles. The van der Waals surface area contributed by atoms with Crippen LogP contribution in [0.3, 0.4) is 0 Å². The highest BCUT2D eigenvalue weighted by Crippen LogP contribution is 2.35. The SMILES string of the molecule is Cc1nnc2n1C(C)(C)CN(C(=O)c1cc(Cc3n[nH]c(=O)c4ccccc34)ccc1F)C2C. The fourth-order valence-electron chi connectivity index (χ4n) is 4.91. The molecule has 0 fully saturated rings. The highest BCUT2D eigenvalue weighted by molar-refractivity contribution is 5.95. The quantitative estimate of drug-likeness (QED) is 0.505. The zero-order valence-electron chi connectivity index (χ0n) is 19.5. The standard InChI is InChI=1S/C25H25FN6O2/c1-14-22-29-27-15(2)32(22)25(3,4)13-31(14)24(34)19-11-16(9-10-20(19)26)12-21-17-7-5-6-8-18(17)23(33)30-28-21/h5-11,14H,12-13H2,1-4H3,(H,30,33). The number of aromatic nitrogens is 5. The van der Waals surface area contributed by atoms with Crippen molar-refractivity contribution in [2.45, 2.75) is 45.7 Å². The Kier molecular flexibility index (Phi) is 5.07. The fraction of sp³-hybridized carbons (Fsp3) is 0.320. The van der Waals surface area contributed by atoms with Crippen molar-refractivity contribution >= 4 is 16.7 Å². The van der Waals surface area contributed by atoms with Gasteiger partial charge in [-0.05, 0) is 51.5 Å². The summed E-state index contributed by atoms with van der Waals surface area (Å²) in [6.07, 6.45) is 0.340. The molecule has 9 heteroatoms. The third kappa shape index (κ3) is 3.48. The van der Waals surface area contributed by atoms with Crippen LogP contribution in [-0.4, -0.2) is 42.3 Å². The summed E-state index contributed by atoms with van der Waals surface area (Å²) in [6, 6.07) is 11.4. The number of rotatable bonds is 3. The topological polar surface area (TPSA) is 96.8 Å². The molecule has 0 saturated heterocycles. The Balaban J connectivity index is 1.50. The summed E-state index contributed by atoms with van der Waals surface area (Å²) < 4.78 is 16.9. The zero-order valence-corrected chi connectivity index (χ0v) is 19.5. The number of nitrogens with zero attached hydrogens (tertiary/aromatic N) is 5. The molecule has 0 radical (unpaired) electrons. The van der Waals surface area contributed by atoms with Gasteiger partial charge in [-0.1, -0.05) is 24.3 Å². The first-order valence-corrected chi connectivity index (χ1v) is 11.2. The number of hydrogen-bond acceptors (Lipinski definition) is 5. The lowest BCUT2D eigenvalue weighted by Gasteiger charge is -2.43. The molecule has 34 heavy (non-hydrogen) atoms. The second kappa shape index (κ2) is 7.86. The van der Waals surface area contributed by atoms with Gasteiger partial charge in [0.1, 0.15) is 11.6 Å². The summed E-state index contributed by atoms with van der Waals surface area (Å²) >= 11 is 0. The maximum absolute atomic E-state index is 14.9. The van der Waals surface area contributed by atoms with E-state index in [1.807, 2.05) is 44.4 Å². The van der Waals surface area contributed by atoms with Crippen LogP contribution < -0.4 is 5.56 Å². The highest BCUT2D eigenvalue weighted by atomic mass is 19.1. The second-order valence-corrected chi connectivity index (χ2v) is 9.40. The van der Waals surface area contributed by atoms with E-state index in [1.54, 1.807) is 29.2 Å². The van der Waals surface area contributed by atoms with Crippen molar-refractivity contribution in [3.8, 4) is 0 Å². The average Bonchev–Trinajstić information content (AvgIpc) is 3.22. The smallest absolute Gasteiger partial charge is 0.272 e. The minimum Gasteiger partial charge on any atom is -0.326 e. The summed E-state index contributed by atoms with van der Waals surface area (Å²) in [6.45, 7) is 8.19. The Hall–Kier alpha value is -3.88. The molecule has 0 aliphatic carbocycles. The summed E-state index contributed by atoms with van der Waals surface area (Å²) in [5.74, 6) is 0.489. The summed E-state index contributed by atoms with van der Waals surface area (Å²) in [5.41, 5.74) is 0.670. The van der Waals surface area contributed by atoms with Gasteiger partial charge in [0, 0.05) is 18.4 Å². The van der Waals surface area contributed by atoms with E-state index in [1.165, 1.54) is 6.07 Å². The fourth-order valence-corrected chi connectivity index (χ4v) is 4.91. The number of hydrogen-bond donors (Lipinski definition) is 1. The van der Waals surface area contributed by atoms with Gasteiger partial charge in [-0.3, -0.25) is 9.59 Å². The van der Waals surface area contributed by atoms with Crippen LogP contribution >= 0.6 is 0 Å². The van der Waals surface area contributed by atoms with E-state index < -0.39 is 17.3 Å². The molecule has 2 aromatic heterocycles. The molecule has 0 spiro atoms. The summed E-state index contributed by atoms with van der Waals surface area (Å²) in [4.78, 5) is 27.3. The van der Waals surface area contributed by atoms with Crippen molar-refractivity contribution < 1.29 is 9.18 Å². The van der Waals surface area contributed by atoms with E-state index in [4.69, 9.17) is 0 Å². The van der Waals surface area contributed by atoms with E-state index in [2.05, 4.69) is 20.4 Å². The number of carbonyl (C=O) groups is 1. The van der Waals surface area contributed by atoms with Crippen molar-refractivity contribution in [3.63, 3.8) is 0 Å². The number of aromatic amines is 1. The maximum Gasteiger partial charge on any atom is 0.272 e. The summed E-state index contributed by atoms with van der Waals surface area (Å²) in [7, 11) is 0. The molecule has 1 aliphatic rings. The normalized spacial score (nSPS) is 17.1. The first-order chi connectivity index (χ1) is 16.2. The Morgan fingerprint density at radius 3 is 2.68 bits per heavy atom. The van der Waals surface area contributed by atoms with Crippen molar-refractivity contribution in [2.24, 2.45) is 0 Å². The lowest BCUT2D eigenvalue weighted by atomic mass is 9.96. The van der Waals surface area contributed by atoms with Gasteiger partial charge in [-0.25, -0.2) is 9.49 Å². The van der Waals surface area contributed by atoms with E-state index in [9.17, 15) is 14.0 Å². The van der Waals surface area contributed by atoms with Crippen LogP contribution in [0.15, 0.2) is 47.3 Å². The average molecular weight is 461 g/mol. The van der Waals surface area contributed by atoms with Gasteiger partial charge in [-0.15, -0.1) is 10.2 Å². The van der Waals surface area contributed by atoms with Crippen LogP contribution in [0.25, 0.3) is 10.8 Å². The largest absolute Gasteiger partial charge is 0.326 e. The highest BCUT2D eigenvalue weighted by Gasteiger charge is 2.41. The van der Waals surface area contributed by atoms with Crippen molar-refractivity contribution in [1.29, 1.82) is 0 Å². The van der Waals surface area contributed by atoms with Gasteiger partial charge < -0.3 is 9.47 Å². The minimum atomic E-state index is -0.582. The lowest BCUT2D eigenvalue weighted by molar-refractivity contribution is 0.0491. The molecule has 0 bridgehead atoms. The van der Waals surface area contributed by atoms with E-state index in [0.717, 1.165) is 16.8 Å². The van der Waals surface area contributed by atoms with Crippen molar-refractivity contribution in [2.75, 3.05) is 6.54 Å². The monoisotopic (exact) mass is 460 g/mol. The van der Waals surface area contributed by atoms with Crippen LogP contribution in [0, 0.1) is 12.7 Å². The predicted molar refractivity (Wildman–Crippen MR) is 125 cm³/mol. The molecule has 1 atom stereocenters. The molecular formula is C25H25FN6O2. The maximum atomic E-state index is 14.9. The first kappa shape index (κ1) is 21.9. The minimum absolute atomic E-state index is 0.00133. The zero-order chi connectivity index (χ0) is 24.2. The number of benzene rings is 2. The van der Waals surface area contributed by atoms with Crippen molar-refractivity contribution in [1.82, 2.24) is 29.9 Å². The molecule has 1 amide bonds. The molecule has 5 rings (SSSR count). The molecule has 1 unspecified atom stereocenters. The molecule has 1 aliphatic heterocycles. The molecule has 2 aromatic carbocycles. The Bertz CT molecular complexity index is 1490. The number of halogens is 1. The number of amides is 1. The number of fused-ring (bicyclic) bond motifs is 2. The molecule has 4 aromatic rings. The number of carbonyl (C=O) groups excluding carboxylic acids is 1. The number of H-pyrrole nitrogens is 1. The first-order valence-electron chi connectivity index (χ1n) is 11.2. The second-order valence-electron chi connectivity index (χ2n) is 9.40. The van der Waals surface area contributed by atoms with Crippen molar-refractivity contribution in [3.05, 3.63) is 87.1 Å². The van der Waals surface area contributed by atoms with Crippen LogP contribution in [0.1, 0.15) is 60.1 Å². The van der Waals surface area contributed by atoms with Crippen LogP contribution in [0.5, 0.6) is 0 Å². The number of nitrogens with one attached hydrogen (secondary N) is 1. The van der Waals surface area contributed by atoms with E-state index in [0.29, 0.717) is 29.9 Å². The van der Waals surface area contributed by atoms with E-state index >= 15 is 0 Å². The lowest BCUT2D eigenvalue weighted by Crippen LogP contribution is -2.51. The Morgan fingerprint density at radius 2 is 1.91 bits per heavy atom. The molecule has 8 nitrogen and oxygen atoms in total. The van der Waals surface area contributed by atoms with Crippen LogP contribution in [0.2, 0.25) is 0 Å². The Labute approximate surface area is 195 Å².